The van der Waals surface area contributed by atoms with Gasteiger partial charge in [-0.2, -0.15) is 0 Å². The Morgan fingerprint density at radius 3 is 2.86 bits per heavy atom. The van der Waals surface area contributed by atoms with E-state index in [1.807, 2.05) is 0 Å². The molecule has 2 heterocycles. The molecule has 2 saturated heterocycles. The van der Waals surface area contributed by atoms with Gasteiger partial charge in [0.25, 0.3) is 0 Å². The fraction of sp³-hybridized carbons (Fsp3) is 0.938. The van der Waals surface area contributed by atoms with Crippen molar-refractivity contribution in [2.24, 2.45) is 45.8 Å². The van der Waals surface area contributed by atoms with E-state index >= 15 is 0 Å². The fourth-order valence-electron chi connectivity index (χ4n) is 12.6. The molecule has 0 amide bonds. The molecule has 0 aromatic carbocycles. The molecule has 0 aromatic rings. The number of rotatable bonds is 6. The average Bonchev–Trinajstić information content (AvgIpc) is 3.35. The lowest BCUT2D eigenvalue weighted by molar-refractivity contribution is -0.211. The van der Waals surface area contributed by atoms with Gasteiger partial charge in [-0.05, 0) is 98.7 Å². The Kier molecular flexibility index (Phi) is 5.30. The van der Waals surface area contributed by atoms with Crippen LogP contribution in [0, 0.1) is 45.8 Å². The van der Waals surface area contributed by atoms with Crippen LogP contribution in [0.25, 0.3) is 0 Å². The number of aliphatic hydroxyl groups excluding tert-OH is 1. The van der Waals surface area contributed by atoms with Crippen molar-refractivity contribution in [3.05, 3.63) is 11.6 Å². The lowest BCUT2D eigenvalue weighted by Crippen LogP contribution is -2.64. The van der Waals surface area contributed by atoms with E-state index in [2.05, 4.69) is 24.8 Å². The molecule has 1 N–H and O–H groups in total. The Labute approximate surface area is 223 Å². The van der Waals surface area contributed by atoms with Gasteiger partial charge in [-0.25, -0.2) is 0 Å². The van der Waals surface area contributed by atoms with E-state index in [0.717, 1.165) is 49.7 Å². The largest absolute Gasteiger partial charge is 0.393 e. The fourth-order valence-corrected chi connectivity index (χ4v) is 12.6. The van der Waals surface area contributed by atoms with Gasteiger partial charge >= 0.3 is 0 Å². The molecule has 2 aliphatic heterocycles. The van der Waals surface area contributed by atoms with Crippen LogP contribution >= 0.6 is 0 Å². The molecular formula is C32H49NO4. The molecule has 2 unspecified atom stereocenters. The maximum atomic E-state index is 10.4. The second-order valence-corrected chi connectivity index (χ2v) is 15.1. The molecule has 3 spiro atoms. The second-order valence-electron chi connectivity index (χ2n) is 15.1. The molecule has 0 radical (unpaired) electrons. The van der Waals surface area contributed by atoms with Crippen LogP contribution in [0.3, 0.4) is 0 Å². The van der Waals surface area contributed by atoms with Crippen LogP contribution in [0.5, 0.6) is 0 Å². The van der Waals surface area contributed by atoms with Gasteiger partial charge in [0.1, 0.15) is 0 Å². The first-order valence-corrected chi connectivity index (χ1v) is 15.7. The third kappa shape index (κ3) is 2.94. The second kappa shape index (κ2) is 8.06. The quantitative estimate of drug-likeness (QED) is 0.409. The standard InChI is InChI=1S/C32H49NO4/c1-20-14-27-28(33(18-20)10-11-36-13-12-35-3)26-17-31-19-30(31)16-25-23(24(30)7-9-32(26,31)37-27)5-4-21-15-22(34)6-8-29(21,25)2/h4,20,22-28,34H,5-19H2,1-3H3/t20-,22-,23-,24-,25-,26+,27+,28-,29-,30?,31?,32+/m0/s1. The third-order valence-electron chi connectivity index (χ3n) is 13.9. The number of piperidine rings is 1. The van der Waals surface area contributed by atoms with Crippen molar-refractivity contribution in [3.63, 3.8) is 0 Å². The van der Waals surface area contributed by atoms with Crippen molar-refractivity contribution >= 4 is 0 Å². The summed E-state index contributed by atoms with van der Waals surface area (Å²) in [4.78, 5) is 2.78. The summed E-state index contributed by atoms with van der Waals surface area (Å²) in [7, 11) is 1.75. The van der Waals surface area contributed by atoms with Crippen molar-refractivity contribution in [1.29, 1.82) is 0 Å². The van der Waals surface area contributed by atoms with Gasteiger partial charge in [-0.15, -0.1) is 0 Å². The molecule has 5 heteroatoms. The van der Waals surface area contributed by atoms with Gasteiger partial charge in [-0.3, -0.25) is 4.90 Å². The van der Waals surface area contributed by atoms with Crippen molar-refractivity contribution in [2.75, 3.05) is 40.0 Å². The zero-order chi connectivity index (χ0) is 25.2. The highest BCUT2D eigenvalue weighted by Crippen LogP contribution is 2.93. The maximum absolute atomic E-state index is 10.4. The topological polar surface area (TPSA) is 51.2 Å². The van der Waals surface area contributed by atoms with Crippen LogP contribution in [0.1, 0.15) is 78.1 Å². The summed E-state index contributed by atoms with van der Waals surface area (Å²) in [6, 6.07) is 0.608. The number of methoxy groups -OCH3 is 1. The number of nitrogens with zero attached hydrogens (tertiary/aromatic N) is 1. The number of likely N-dealkylation sites (tertiary alicyclic amines) is 1. The number of hydrogen-bond acceptors (Lipinski definition) is 5. The van der Waals surface area contributed by atoms with Gasteiger partial charge in [-0.1, -0.05) is 25.5 Å². The third-order valence-corrected chi connectivity index (χ3v) is 13.9. The summed E-state index contributed by atoms with van der Waals surface area (Å²) in [5.74, 6) is 4.07. The Balaban J connectivity index is 1.04. The maximum Gasteiger partial charge on any atom is 0.0793 e. The van der Waals surface area contributed by atoms with Crippen molar-refractivity contribution in [1.82, 2.24) is 4.90 Å². The summed E-state index contributed by atoms with van der Waals surface area (Å²) in [5, 5.41) is 10.4. The number of fused-ring (bicyclic) bond motifs is 6. The predicted octanol–water partition coefficient (Wildman–Crippen LogP) is 4.82. The molecule has 7 fully saturated rings. The minimum Gasteiger partial charge on any atom is -0.393 e. The SMILES string of the molecule is COCCOCCN1C[C@@H](C)C[C@H]2O[C@@]34CC[C@H]5[C@@H]6CC=C7C[C@@H](O)CC[C@]7(C)[C@H]6CC56CC63C[C@@H]4[C@@H]21. The molecule has 5 saturated carbocycles. The molecule has 12 atom stereocenters. The van der Waals surface area contributed by atoms with E-state index in [1.165, 1.54) is 57.9 Å². The first kappa shape index (κ1) is 24.3. The van der Waals surface area contributed by atoms with Crippen molar-refractivity contribution in [2.45, 2.75) is 102 Å². The first-order valence-electron chi connectivity index (χ1n) is 15.7. The summed E-state index contributed by atoms with van der Waals surface area (Å²) in [5.41, 5.74) is 3.17. The summed E-state index contributed by atoms with van der Waals surface area (Å²) in [6.07, 6.45) is 15.6. The molecule has 6 aliphatic carbocycles. The van der Waals surface area contributed by atoms with E-state index in [1.54, 1.807) is 12.7 Å². The van der Waals surface area contributed by atoms with E-state index < -0.39 is 0 Å². The number of aliphatic hydroxyl groups is 1. The normalized spacial score (nSPS) is 57.0. The smallest absolute Gasteiger partial charge is 0.0793 e. The number of hydrogen-bond donors (Lipinski definition) is 1. The van der Waals surface area contributed by atoms with E-state index in [0.29, 0.717) is 47.5 Å². The molecule has 8 rings (SSSR count). The minimum absolute atomic E-state index is 0.105. The zero-order valence-corrected chi connectivity index (χ0v) is 23.4. The number of allylic oxidation sites excluding steroid dienone is 1. The lowest BCUT2D eigenvalue weighted by Gasteiger charge is -2.60. The summed E-state index contributed by atoms with van der Waals surface area (Å²) < 4.78 is 18.5. The Morgan fingerprint density at radius 2 is 2.00 bits per heavy atom. The highest BCUT2D eigenvalue weighted by atomic mass is 16.5. The summed E-state index contributed by atoms with van der Waals surface area (Å²) >= 11 is 0. The van der Waals surface area contributed by atoms with Crippen LogP contribution < -0.4 is 0 Å². The molecular weight excluding hydrogens is 462 g/mol. The number of ether oxygens (including phenoxy) is 3. The molecule has 37 heavy (non-hydrogen) atoms. The zero-order valence-electron chi connectivity index (χ0n) is 23.4. The minimum atomic E-state index is -0.105. The van der Waals surface area contributed by atoms with Gasteiger partial charge in [0, 0.05) is 37.6 Å². The molecule has 206 valence electrons. The van der Waals surface area contributed by atoms with Crippen LogP contribution in [0.4, 0.5) is 0 Å². The first-order chi connectivity index (χ1) is 17.9. The molecule has 8 aliphatic rings. The van der Waals surface area contributed by atoms with Gasteiger partial charge in [0.2, 0.25) is 0 Å². The van der Waals surface area contributed by atoms with E-state index in [9.17, 15) is 5.11 Å². The highest BCUT2D eigenvalue weighted by Gasteiger charge is 2.91. The van der Waals surface area contributed by atoms with Gasteiger partial charge in [0.15, 0.2) is 0 Å². The summed E-state index contributed by atoms with van der Waals surface area (Å²) in [6.45, 7) is 9.43. The highest BCUT2D eigenvalue weighted by molar-refractivity contribution is 5.42. The Morgan fingerprint density at radius 1 is 1.11 bits per heavy atom. The monoisotopic (exact) mass is 511 g/mol. The van der Waals surface area contributed by atoms with Crippen molar-refractivity contribution < 1.29 is 19.3 Å². The Hall–Kier alpha value is -0.460. The molecule has 0 aromatic heterocycles. The van der Waals surface area contributed by atoms with Crippen LogP contribution in [0.2, 0.25) is 0 Å². The van der Waals surface area contributed by atoms with Crippen molar-refractivity contribution in [3.8, 4) is 0 Å². The van der Waals surface area contributed by atoms with Gasteiger partial charge in [0.05, 0.1) is 37.6 Å². The van der Waals surface area contributed by atoms with E-state index in [-0.39, 0.29) is 11.7 Å². The van der Waals surface area contributed by atoms with Crippen LogP contribution in [-0.2, 0) is 14.2 Å². The van der Waals surface area contributed by atoms with Gasteiger partial charge < -0.3 is 19.3 Å². The van der Waals surface area contributed by atoms with Crippen LogP contribution in [-0.4, -0.2) is 73.9 Å². The molecule has 5 nitrogen and oxygen atoms in total. The lowest BCUT2D eigenvalue weighted by atomic mass is 9.47. The molecule has 0 bridgehead atoms. The Bertz CT molecular complexity index is 984. The average molecular weight is 512 g/mol. The predicted molar refractivity (Wildman–Crippen MR) is 142 cm³/mol. The van der Waals surface area contributed by atoms with E-state index in [4.69, 9.17) is 14.2 Å². The van der Waals surface area contributed by atoms with Crippen LogP contribution in [0.15, 0.2) is 11.6 Å².